The molecule has 1 aliphatic heterocycles. The molecule has 0 bridgehead atoms. The highest BCUT2D eigenvalue weighted by Crippen LogP contribution is 2.42. The number of amidine groups is 1. The Bertz CT molecular complexity index is 1240. The van der Waals surface area contributed by atoms with Gasteiger partial charge in [0, 0.05) is 12.0 Å². The Labute approximate surface area is 210 Å². The highest BCUT2D eigenvalue weighted by molar-refractivity contribution is 6.09. The average Bonchev–Trinajstić information content (AvgIpc) is 3.63. The molecule has 35 heavy (non-hydrogen) atoms. The number of hydrogen-bond donors (Lipinski definition) is 1. The number of aromatic amines is 1. The van der Waals surface area contributed by atoms with Gasteiger partial charge in [-0.05, 0) is 46.4 Å². The summed E-state index contributed by atoms with van der Waals surface area (Å²) in [6.45, 7) is 2.13. The van der Waals surface area contributed by atoms with E-state index in [1.807, 2.05) is 48.5 Å². The number of carbonyl (C=O) groups is 1. The van der Waals surface area contributed by atoms with Crippen molar-refractivity contribution in [3.63, 3.8) is 0 Å². The van der Waals surface area contributed by atoms with Crippen LogP contribution in [0.1, 0.15) is 63.5 Å². The average molecular weight is 490 g/mol. The van der Waals surface area contributed by atoms with Crippen molar-refractivity contribution >= 4 is 24.1 Å². The summed E-state index contributed by atoms with van der Waals surface area (Å²) < 4.78 is 0. The summed E-state index contributed by atoms with van der Waals surface area (Å²) in [4.78, 5) is 20.2. The number of carbonyl (C=O) groups excluding carboxylic acids is 1. The molecule has 8 nitrogen and oxygen atoms in total. The summed E-state index contributed by atoms with van der Waals surface area (Å²) in [5.74, 6) is 1.36. The van der Waals surface area contributed by atoms with Crippen molar-refractivity contribution in [3.05, 3.63) is 54.1 Å². The first kappa shape index (κ1) is 24.6. The molecule has 1 amide bonds. The van der Waals surface area contributed by atoms with Crippen molar-refractivity contribution in [2.24, 2.45) is 4.99 Å². The Morgan fingerprint density at radius 1 is 1.11 bits per heavy atom. The molecule has 1 fully saturated rings. The summed E-state index contributed by atoms with van der Waals surface area (Å²) in [5, 5.41) is 24.4. The monoisotopic (exact) mass is 489 g/mol. The minimum Gasteiger partial charge on any atom is -0.277 e. The second-order valence-corrected chi connectivity index (χ2v) is 8.99. The van der Waals surface area contributed by atoms with E-state index in [1.54, 1.807) is 4.90 Å². The lowest BCUT2D eigenvalue weighted by atomic mass is 9.95. The maximum Gasteiger partial charge on any atom is 0.257 e. The van der Waals surface area contributed by atoms with Crippen molar-refractivity contribution in [3.8, 4) is 28.6 Å². The third-order valence-corrected chi connectivity index (χ3v) is 6.87. The highest BCUT2D eigenvalue weighted by Gasteiger charge is 2.51. The standard InChI is InChI=1S/C26H27N7O.ClH/c1-2-3-10-23-28-26(15-6-7-16-26)25(34)33(23)22(17-27)19-13-11-18(12-14-19)20-8-4-5-9-21(20)24-29-31-32-30-24;/h4-5,8-9,11-14,22H,2-3,6-7,10,15-16H2,1H3,(H,29,30,31,32);1H. The predicted molar refractivity (Wildman–Crippen MR) is 136 cm³/mol. The quantitative estimate of drug-likeness (QED) is 0.486. The Morgan fingerprint density at radius 3 is 2.46 bits per heavy atom. The van der Waals surface area contributed by atoms with E-state index in [0.29, 0.717) is 5.82 Å². The SMILES string of the molecule is CCCCC1=NC2(CCCC2)C(=O)N1C(C#N)c1ccc(-c2ccccc2-c2nnn[nH]2)cc1.Cl. The number of nitrogens with zero attached hydrogens (tertiary/aromatic N) is 6. The number of nitrogens with one attached hydrogen (secondary N) is 1. The molecule has 0 radical (unpaired) electrons. The van der Waals surface area contributed by atoms with Crippen LogP contribution in [0.25, 0.3) is 22.5 Å². The number of halogens is 1. The van der Waals surface area contributed by atoms with Crippen LogP contribution in [0.4, 0.5) is 0 Å². The first-order valence-corrected chi connectivity index (χ1v) is 11.9. The van der Waals surface area contributed by atoms with Crippen LogP contribution in [0.15, 0.2) is 53.5 Å². The summed E-state index contributed by atoms with van der Waals surface area (Å²) in [7, 11) is 0. The van der Waals surface area contributed by atoms with E-state index in [9.17, 15) is 10.1 Å². The Morgan fingerprint density at radius 2 is 1.83 bits per heavy atom. The maximum absolute atomic E-state index is 13.6. The summed E-state index contributed by atoms with van der Waals surface area (Å²) in [6.07, 6.45) is 6.26. The molecule has 1 N–H and O–H groups in total. The van der Waals surface area contributed by atoms with Gasteiger partial charge in [-0.1, -0.05) is 74.7 Å². The fourth-order valence-corrected chi connectivity index (χ4v) is 5.09. The van der Waals surface area contributed by atoms with Crippen LogP contribution in [0.2, 0.25) is 0 Å². The number of nitriles is 1. The second-order valence-electron chi connectivity index (χ2n) is 8.99. The fraction of sp³-hybridized carbons (Fsp3) is 0.385. The van der Waals surface area contributed by atoms with Crippen molar-refractivity contribution in [1.82, 2.24) is 25.5 Å². The number of tetrazole rings is 1. The molecule has 1 aromatic heterocycles. The van der Waals surface area contributed by atoms with E-state index in [1.165, 1.54) is 0 Å². The van der Waals surface area contributed by atoms with Gasteiger partial charge in [0.1, 0.15) is 11.4 Å². The van der Waals surface area contributed by atoms with Crippen LogP contribution in [-0.4, -0.2) is 42.8 Å². The number of hydrogen-bond acceptors (Lipinski definition) is 6. The fourth-order valence-electron chi connectivity index (χ4n) is 5.09. The molecule has 0 saturated heterocycles. The van der Waals surface area contributed by atoms with Gasteiger partial charge in [-0.3, -0.25) is 14.7 Å². The Hall–Kier alpha value is -3.57. The zero-order valence-electron chi connectivity index (χ0n) is 19.6. The highest BCUT2D eigenvalue weighted by atomic mass is 35.5. The van der Waals surface area contributed by atoms with Crippen molar-refractivity contribution < 1.29 is 4.79 Å². The summed E-state index contributed by atoms with van der Waals surface area (Å²) >= 11 is 0. The van der Waals surface area contributed by atoms with E-state index in [0.717, 1.165) is 73.0 Å². The minimum atomic E-state index is -0.689. The molecule has 1 unspecified atom stereocenters. The largest absolute Gasteiger partial charge is 0.277 e. The molecule has 1 saturated carbocycles. The van der Waals surface area contributed by atoms with Crippen molar-refractivity contribution in [1.29, 1.82) is 5.26 Å². The zero-order chi connectivity index (χ0) is 23.5. The van der Waals surface area contributed by atoms with Crippen LogP contribution < -0.4 is 0 Å². The first-order chi connectivity index (χ1) is 16.7. The zero-order valence-corrected chi connectivity index (χ0v) is 20.5. The molecule has 3 aromatic rings. The van der Waals surface area contributed by atoms with Gasteiger partial charge in [0.05, 0.1) is 6.07 Å². The number of H-pyrrole nitrogens is 1. The molecular weight excluding hydrogens is 462 g/mol. The summed E-state index contributed by atoms with van der Waals surface area (Å²) in [5.41, 5.74) is 2.99. The second kappa shape index (κ2) is 10.4. The Balaban J connectivity index is 0.00000289. The number of amides is 1. The van der Waals surface area contributed by atoms with Gasteiger partial charge < -0.3 is 0 Å². The molecule has 180 valence electrons. The van der Waals surface area contributed by atoms with Gasteiger partial charge in [0.2, 0.25) is 0 Å². The van der Waals surface area contributed by atoms with E-state index in [2.05, 4.69) is 33.6 Å². The molecular formula is C26H28ClN7O. The molecule has 1 atom stereocenters. The third kappa shape index (κ3) is 4.44. The topological polar surface area (TPSA) is 111 Å². The number of rotatable bonds is 7. The van der Waals surface area contributed by atoms with Crippen molar-refractivity contribution in [2.45, 2.75) is 63.5 Å². The molecule has 5 rings (SSSR count). The van der Waals surface area contributed by atoms with Crippen LogP contribution in [-0.2, 0) is 4.79 Å². The van der Waals surface area contributed by atoms with E-state index in [4.69, 9.17) is 4.99 Å². The molecule has 2 aromatic carbocycles. The summed E-state index contributed by atoms with van der Waals surface area (Å²) in [6, 6.07) is 17.4. The van der Waals surface area contributed by atoms with Crippen LogP contribution in [0.3, 0.4) is 0 Å². The van der Waals surface area contributed by atoms with E-state index in [-0.39, 0.29) is 18.3 Å². The lowest BCUT2D eigenvalue weighted by Crippen LogP contribution is -2.42. The predicted octanol–water partition coefficient (Wildman–Crippen LogP) is 5.26. The molecule has 1 spiro atoms. The van der Waals surface area contributed by atoms with Gasteiger partial charge in [0.15, 0.2) is 11.9 Å². The number of unbranched alkanes of at least 4 members (excludes halogenated alkanes) is 1. The van der Waals surface area contributed by atoms with Crippen LogP contribution in [0.5, 0.6) is 0 Å². The van der Waals surface area contributed by atoms with Crippen LogP contribution in [0, 0.1) is 11.3 Å². The minimum absolute atomic E-state index is 0. The smallest absolute Gasteiger partial charge is 0.257 e. The van der Waals surface area contributed by atoms with Gasteiger partial charge >= 0.3 is 0 Å². The lowest BCUT2D eigenvalue weighted by molar-refractivity contribution is -0.132. The number of aliphatic imine (C=N–C) groups is 1. The molecule has 1 aliphatic carbocycles. The Kier molecular flexibility index (Phi) is 7.27. The third-order valence-electron chi connectivity index (χ3n) is 6.87. The maximum atomic E-state index is 13.6. The van der Waals surface area contributed by atoms with Gasteiger partial charge in [0.25, 0.3) is 5.91 Å². The molecule has 2 heterocycles. The van der Waals surface area contributed by atoms with Crippen LogP contribution >= 0.6 is 12.4 Å². The van der Waals surface area contributed by atoms with E-state index < -0.39 is 11.6 Å². The van der Waals surface area contributed by atoms with Gasteiger partial charge in [-0.15, -0.1) is 17.5 Å². The van der Waals surface area contributed by atoms with E-state index >= 15 is 0 Å². The van der Waals surface area contributed by atoms with Gasteiger partial charge in [-0.2, -0.15) is 5.26 Å². The lowest BCUT2D eigenvalue weighted by Gasteiger charge is -2.27. The first-order valence-electron chi connectivity index (χ1n) is 11.9. The van der Waals surface area contributed by atoms with Gasteiger partial charge in [-0.25, -0.2) is 5.10 Å². The molecule has 2 aliphatic rings. The molecule has 9 heteroatoms. The number of benzene rings is 2. The number of aromatic nitrogens is 4. The normalized spacial score (nSPS) is 17.2. The van der Waals surface area contributed by atoms with Crippen molar-refractivity contribution in [2.75, 3.05) is 0 Å².